The number of aliphatic hydroxyl groups excluding tert-OH is 1. The fraction of sp³-hybridized carbons (Fsp3) is 0.444. The molecule has 1 atom stereocenters. The van der Waals surface area contributed by atoms with Gasteiger partial charge in [0.05, 0.1) is 18.5 Å². The van der Waals surface area contributed by atoms with Gasteiger partial charge in [0.2, 0.25) is 0 Å². The molecular formula is C18H23N3OS. The molecule has 0 spiro atoms. The SMILES string of the molecule is CC(O)C1CCN(c2cncc(SCc3ccccc3)n2)CC1. The number of aliphatic hydroxyl groups is 1. The highest BCUT2D eigenvalue weighted by molar-refractivity contribution is 7.98. The van der Waals surface area contributed by atoms with Gasteiger partial charge < -0.3 is 10.0 Å². The van der Waals surface area contributed by atoms with Gasteiger partial charge in [0.25, 0.3) is 0 Å². The van der Waals surface area contributed by atoms with Crippen LogP contribution in [0.4, 0.5) is 5.82 Å². The van der Waals surface area contributed by atoms with E-state index in [1.54, 1.807) is 11.8 Å². The molecule has 2 heterocycles. The smallest absolute Gasteiger partial charge is 0.148 e. The molecule has 1 aromatic carbocycles. The second-order valence-corrected chi connectivity index (χ2v) is 7.05. The van der Waals surface area contributed by atoms with E-state index in [0.29, 0.717) is 5.92 Å². The first kappa shape index (κ1) is 16.3. The molecule has 122 valence electrons. The van der Waals surface area contributed by atoms with E-state index < -0.39 is 0 Å². The Bertz CT molecular complexity index is 613. The van der Waals surface area contributed by atoms with Gasteiger partial charge in [-0.15, -0.1) is 11.8 Å². The molecule has 1 fully saturated rings. The van der Waals surface area contributed by atoms with Gasteiger partial charge in [0, 0.05) is 18.8 Å². The largest absolute Gasteiger partial charge is 0.393 e. The molecule has 1 aromatic heterocycles. The number of thioether (sulfide) groups is 1. The molecule has 0 saturated carbocycles. The first-order valence-corrected chi connectivity index (χ1v) is 9.13. The minimum atomic E-state index is -0.212. The zero-order valence-electron chi connectivity index (χ0n) is 13.4. The summed E-state index contributed by atoms with van der Waals surface area (Å²) in [4.78, 5) is 11.4. The van der Waals surface area contributed by atoms with Crippen molar-refractivity contribution in [1.29, 1.82) is 0 Å². The van der Waals surface area contributed by atoms with Crippen LogP contribution in [0.1, 0.15) is 25.3 Å². The van der Waals surface area contributed by atoms with Crippen LogP contribution in [0.2, 0.25) is 0 Å². The Morgan fingerprint density at radius 3 is 2.65 bits per heavy atom. The predicted molar refractivity (Wildman–Crippen MR) is 94.7 cm³/mol. The highest BCUT2D eigenvalue weighted by Gasteiger charge is 2.23. The standard InChI is InChI=1S/C18H23N3OS/c1-14(22)16-7-9-21(10-8-16)17-11-19-12-18(20-17)23-13-15-5-3-2-4-6-15/h2-6,11-12,14,16,22H,7-10,13H2,1H3. The van der Waals surface area contributed by atoms with E-state index in [0.717, 1.165) is 42.5 Å². The van der Waals surface area contributed by atoms with Crippen molar-refractivity contribution in [3.05, 3.63) is 48.3 Å². The molecule has 1 unspecified atom stereocenters. The van der Waals surface area contributed by atoms with Crippen LogP contribution in [-0.2, 0) is 5.75 Å². The fourth-order valence-electron chi connectivity index (χ4n) is 2.90. The maximum atomic E-state index is 9.71. The Balaban J connectivity index is 1.59. The van der Waals surface area contributed by atoms with E-state index in [4.69, 9.17) is 4.98 Å². The number of piperidine rings is 1. The van der Waals surface area contributed by atoms with Gasteiger partial charge in [-0.1, -0.05) is 30.3 Å². The number of hydrogen-bond donors (Lipinski definition) is 1. The van der Waals surface area contributed by atoms with Crippen LogP contribution in [0.3, 0.4) is 0 Å². The van der Waals surface area contributed by atoms with Crippen molar-refractivity contribution < 1.29 is 5.11 Å². The Morgan fingerprint density at radius 1 is 1.22 bits per heavy atom. The predicted octanol–water partition coefficient (Wildman–Crippen LogP) is 3.37. The maximum absolute atomic E-state index is 9.71. The van der Waals surface area contributed by atoms with Crippen LogP contribution in [0.5, 0.6) is 0 Å². The molecule has 0 amide bonds. The van der Waals surface area contributed by atoms with Crippen LogP contribution in [0, 0.1) is 5.92 Å². The Kier molecular flexibility index (Phi) is 5.51. The van der Waals surface area contributed by atoms with Crippen molar-refractivity contribution in [2.45, 2.75) is 36.6 Å². The monoisotopic (exact) mass is 329 g/mol. The van der Waals surface area contributed by atoms with Crippen molar-refractivity contribution in [2.75, 3.05) is 18.0 Å². The topological polar surface area (TPSA) is 49.2 Å². The molecule has 2 aromatic rings. The summed E-state index contributed by atoms with van der Waals surface area (Å²) in [6.07, 6.45) is 5.49. The highest BCUT2D eigenvalue weighted by Crippen LogP contribution is 2.26. The molecule has 5 heteroatoms. The average Bonchev–Trinajstić information content (AvgIpc) is 2.61. The van der Waals surface area contributed by atoms with Gasteiger partial charge in [0.15, 0.2) is 0 Å². The first-order valence-electron chi connectivity index (χ1n) is 8.14. The molecule has 0 radical (unpaired) electrons. The average molecular weight is 329 g/mol. The van der Waals surface area contributed by atoms with Crippen LogP contribution in [0.25, 0.3) is 0 Å². The Morgan fingerprint density at radius 2 is 1.96 bits per heavy atom. The summed E-state index contributed by atoms with van der Waals surface area (Å²) in [5.41, 5.74) is 1.29. The summed E-state index contributed by atoms with van der Waals surface area (Å²) in [5, 5.41) is 10.7. The van der Waals surface area contributed by atoms with Crippen molar-refractivity contribution in [2.24, 2.45) is 5.92 Å². The molecule has 23 heavy (non-hydrogen) atoms. The van der Waals surface area contributed by atoms with Crippen LogP contribution >= 0.6 is 11.8 Å². The number of anilines is 1. The molecule has 0 aliphatic carbocycles. The lowest BCUT2D eigenvalue weighted by Crippen LogP contribution is -2.37. The van der Waals surface area contributed by atoms with E-state index in [1.165, 1.54) is 5.56 Å². The molecule has 1 aliphatic heterocycles. The summed E-state index contributed by atoms with van der Waals surface area (Å²) in [7, 11) is 0. The lowest BCUT2D eigenvalue weighted by Gasteiger charge is -2.33. The van der Waals surface area contributed by atoms with Gasteiger partial charge in [0.1, 0.15) is 10.8 Å². The second kappa shape index (κ2) is 7.79. The first-order chi connectivity index (χ1) is 11.2. The van der Waals surface area contributed by atoms with Crippen molar-refractivity contribution in [1.82, 2.24) is 9.97 Å². The quantitative estimate of drug-likeness (QED) is 0.852. The van der Waals surface area contributed by atoms with Crippen molar-refractivity contribution in [3.8, 4) is 0 Å². The van der Waals surface area contributed by atoms with Gasteiger partial charge in [-0.05, 0) is 31.2 Å². The number of benzene rings is 1. The minimum Gasteiger partial charge on any atom is -0.393 e. The third kappa shape index (κ3) is 4.45. The lowest BCUT2D eigenvalue weighted by atomic mass is 9.92. The van der Waals surface area contributed by atoms with Crippen molar-refractivity contribution >= 4 is 17.6 Å². The van der Waals surface area contributed by atoms with Crippen LogP contribution in [0.15, 0.2) is 47.8 Å². The number of hydrogen-bond acceptors (Lipinski definition) is 5. The van der Waals surface area contributed by atoms with Crippen LogP contribution in [-0.4, -0.2) is 34.3 Å². The lowest BCUT2D eigenvalue weighted by molar-refractivity contribution is 0.109. The number of nitrogens with zero attached hydrogens (tertiary/aromatic N) is 3. The molecule has 0 bridgehead atoms. The Labute approximate surface area is 142 Å². The maximum Gasteiger partial charge on any atom is 0.148 e. The molecule has 3 rings (SSSR count). The van der Waals surface area contributed by atoms with E-state index >= 15 is 0 Å². The fourth-order valence-corrected chi connectivity index (χ4v) is 3.70. The van der Waals surface area contributed by atoms with E-state index in [9.17, 15) is 5.11 Å². The summed E-state index contributed by atoms with van der Waals surface area (Å²) in [6, 6.07) is 10.4. The number of rotatable bonds is 5. The molecule has 4 nitrogen and oxygen atoms in total. The summed E-state index contributed by atoms with van der Waals surface area (Å²) >= 11 is 1.72. The molecular weight excluding hydrogens is 306 g/mol. The van der Waals surface area contributed by atoms with Gasteiger partial charge in [-0.2, -0.15) is 0 Å². The van der Waals surface area contributed by atoms with Gasteiger partial charge in [-0.3, -0.25) is 4.98 Å². The summed E-state index contributed by atoms with van der Waals surface area (Å²) in [5.74, 6) is 2.27. The zero-order chi connectivity index (χ0) is 16.1. The van der Waals surface area contributed by atoms with E-state index in [-0.39, 0.29) is 6.10 Å². The van der Waals surface area contributed by atoms with Crippen LogP contribution < -0.4 is 4.90 Å². The third-order valence-corrected chi connectivity index (χ3v) is 5.35. The second-order valence-electron chi connectivity index (χ2n) is 6.05. The normalized spacial score (nSPS) is 17.2. The minimum absolute atomic E-state index is 0.212. The van der Waals surface area contributed by atoms with Gasteiger partial charge in [-0.25, -0.2) is 4.98 Å². The third-order valence-electron chi connectivity index (χ3n) is 4.38. The van der Waals surface area contributed by atoms with E-state index in [2.05, 4.69) is 34.1 Å². The highest BCUT2D eigenvalue weighted by atomic mass is 32.2. The molecule has 1 N–H and O–H groups in total. The van der Waals surface area contributed by atoms with Gasteiger partial charge >= 0.3 is 0 Å². The van der Waals surface area contributed by atoms with Crippen molar-refractivity contribution in [3.63, 3.8) is 0 Å². The Hall–Kier alpha value is -1.59. The molecule has 1 saturated heterocycles. The summed E-state index contributed by atoms with van der Waals surface area (Å²) < 4.78 is 0. The number of aromatic nitrogens is 2. The molecule has 1 aliphatic rings. The van der Waals surface area contributed by atoms with E-state index in [1.807, 2.05) is 25.4 Å². The zero-order valence-corrected chi connectivity index (χ0v) is 14.2. The summed E-state index contributed by atoms with van der Waals surface area (Å²) in [6.45, 7) is 3.77.